The van der Waals surface area contributed by atoms with Crippen LogP contribution in [0.1, 0.15) is 6.92 Å². The van der Waals surface area contributed by atoms with Gasteiger partial charge in [0.05, 0.1) is 0 Å². The van der Waals surface area contributed by atoms with Crippen LogP contribution in [0.5, 0.6) is 0 Å². The highest BCUT2D eigenvalue weighted by atomic mass is 32.1. The van der Waals surface area contributed by atoms with E-state index in [0.29, 0.717) is 6.04 Å². The van der Waals surface area contributed by atoms with Gasteiger partial charge < -0.3 is 10.6 Å². The molecule has 0 amide bonds. The summed E-state index contributed by atoms with van der Waals surface area (Å²) in [7, 11) is 0. The van der Waals surface area contributed by atoms with Gasteiger partial charge in [0.1, 0.15) is 0 Å². The number of hydrogen-bond acceptors (Lipinski definition) is 5. The minimum Gasteiger partial charge on any atom is -0.346 e. The standard InChI is InChI=1S/C10H18N4S/c1-9(8-11)13-3-5-14(6-4-13)10-12-2-7-15-10/h2,7,9H,3-6,8,11H2,1H3. The SMILES string of the molecule is CC(CN)N1CCN(c2nccs2)CC1. The maximum Gasteiger partial charge on any atom is 0.185 e. The Balaban J connectivity index is 1.87. The third kappa shape index (κ3) is 2.48. The summed E-state index contributed by atoms with van der Waals surface area (Å²) in [5, 5.41) is 3.18. The van der Waals surface area contributed by atoms with Gasteiger partial charge in [-0.15, -0.1) is 11.3 Å². The second kappa shape index (κ2) is 4.92. The monoisotopic (exact) mass is 226 g/mol. The quantitative estimate of drug-likeness (QED) is 0.820. The first-order valence-electron chi connectivity index (χ1n) is 5.40. The Bertz CT molecular complexity index is 280. The maximum absolute atomic E-state index is 5.67. The van der Waals surface area contributed by atoms with Crippen molar-refractivity contribution in [3.63, 3.8) is 0 Å². The fraction of sp³-hybridized carbons (Fsp3) is 0.700. The van der Waals surface area contributed by atoms with E-state index in [0.717, 1.165) is 37.9 Å². The topological polar surface area (TPSA) is 45.4 Å². The lowest BCUT2D eigenvalue weighted by atomic mass is 10.2. The van der Waals surface area contributed by atoms with Gasteiger partial charge in [0.2, 0.25) is 0 Å². The molecule has 1 aliphatic heterocycles. The second-order valence-electron chi connectivity index (χ2n) is 3.92. The van der Waals surface area contributed by atoms with E-state index in [4.69, 9.17) is 5.73 Å². The van der Waals surface area contributed by atoms with E-state index in [1.807, 2.05) is 11.6 Å². The molecule has 1 unspecified atom stereocenters. The first-order valence-corrected chi connectivity index (χ1v) is 6.28. The van der Waals surface area contributed by atoms with Gasteiger partial charge >= 0.3 is 0 Å². The number of nitrogens with zero attached hydrogens (tertiary/aromatic N) is 3. The summed E-state index contributed by atoms with van der Waals surface area (Å²) in [4.78, 5) is 9.13. The van der Waals surface area contributed by atoms with Gasteiger partial charge in [0.25, 0.3) is 0 Å². The summed E-state index contributed by atoms with van der Waals surface area (Å²) >= 11 is 1.72. The molecule has 0 bridgehead atoms. The number of hydrogen-bond donors (Lipinski definition) is 1. The molecule has 0 aliphatic carbocycles. The van der Waals surface area contributed by atoms with Gasteiger partial charge in [0, 0.05) is 50.3 Å². The second-order valence-corrected chi connectivity index (χ2v) is 4.80. The van der Waals surface area contributed by atoms with Crippen molar-refractivity contribution in [2.75, 3.05) is 37.6 Å². The molecule has 2 N–H and O–H groups in total. The number of rotatable bonds is 3. The average Bonchev–Trinajstić information content (AvgIpc) is 2.82. The number of nitrogens with two attached hydrogens (primary N) is 1. The first kappa shape index (κ1) is 10.9. The van der Waals surface area contributed by atoms with Crippen molar-refractivity contribution in [1.29, 1.82) is 0 Å². The Labute approximate surface area is 94.7 Å². The molecule has 1 aromatic rings. The summed E-state index contributed by atoms with van der Waals surface area (Å²) < 4.78 is 0. The third-order valence-corrected chi connectivity index (χ3v) is 3.80. The van der Waals surface area contributed by atoms with Crippen LogP contribution < -0.4 is 10.6 Å². The Kier molecular flexibility index (Phi) is 3.56. The molecule has 1 atom stereocenters. The summed E-state index contributed by atoms with van der Waals surface area (Å²) in [6.45, 7) is 7.27. The summed E-state index contributed by atoms with van der Waals surface area (Å²) in [5.74, 6) is 0. The number of thiazole rings is 1. The molecule has 0 aromatic carbocycles. The van der Waals surface area contributed by atoms with Crippen LogP contribution >= 0.6 is 11.3 Å². The zero-order valence-corrected chi connectivity index (χ0v) is 9.91. The zero-order valence-electron chi connectivity index (χ0n) is 9.09. The number of anilines is 1. The normalized spacial score (nSPS) is 20.5. The van der Waals surface area contributed by atoms with E-state index in [1.165, 1.54) is 0 Å². The minimum absolute atomic E-state index is 0.503. The van der Waals surface area contributed by atoms with Crippen molar-refractivity contribution in [1.82, 2.24) is 9.88 Å². The lowest BCUT2D eigenvalue weighted by molar-refractivity contribution is 0.201. The van der Waals surface area contributed by atoms with Gasteiger partial charge in [-0.2, -0.15) is 0 Å². The third-order valence-electron chi connectivity index (χ3n) is 2.97. The van der Waals surface area contributed by atoms with Crippen molar-refractivity contribution >= 4 is 16.5 Å². The Hall–Kier alpha value is -0.650. The van der Waals surface area contributed by atoms with Crippen molar-refractivity contribution in [3.05, 3.63) is 11.6 Å². The molecule has 2 heterocycles. The molecule has 1 saturated heterocycles. The van der Waals surface area contributed by atoms with E-state index in [2.05, 4.69) is 21.7 Å². The summed E-state index contributed by atoms with van der Waals surface area (Å²) in [6.07, 6.45) is 1.87. The Morgan fingerprint density at radius 2 is 2.20 bits per heavy atom. The van der Waals surface area contributed by atoms with Gasteiger partial charge in [-0.3, -0.25) is 4.90 Å². The largest absolute Gasteiger partial charge is 0.346 e. The molecule has 4 nitrogen and oxygen atoms in total. The average molecular weight is 226 g/mol. The van der Waals surface area contributed by atoms with Crippen LogP contribution in [0.3, 0.4) is 0 Å². The van der Waals surface area contributed by atoms with Crippen LogP contribution in [-0.4, -0.2) is 48.6 Å². The van der Waals surface area contributed by atoms with Gasteiger partial charge in [-0.25, -0.2) is 4.98 Å². The van der Waals surface area contributed by atoms with Crippen LogP contribution in [0.15, 0.2) is 11.6 Å². The molecule has 2 rings (SSSR count). The number of piperazine rings is 1. The van der Waals surface area contributed by atoms with E-state index in [1.54, 1.807) is 11.3 Å². The van der Waals surface area contributed by atoms with Crippen LogP contribution in [-0.2, 0) is 0 Å². The van der Waals surface area contributed by atoms with E-state index < -0.39 is 0 Å². The molecule has 5 heteroatoms. The van der Waals surface area contributed by atoms with E-state index >= 15 is 0 Å². The highest BCUT2D eigenvalue weighted by molar-refractivity contribution is 7.13. The molecule has 84 valence electrons. The van der Waals surface area contributed by atoms with Crippen LogP contribution in [0.2, 0.25) is 0 Å². The fourth-order valence-electron chi connectivity index (χ4n) is 1.88. The van der Waals surface area contributed by atoms with Crippen LogP contribution in [0.25, 0.3) is 0 Å². The number of aromatic nitrogens is 1. The molecule has 0 saturated carbocycles. The van der Waals surface area contributed by atoms with Gasteiger partial charge in [0.15, 0.2) is 5.13 Å². The van der Waals surface area contributed by atoms with Crippen molar-refractivity contribution < 1.29 is 0 Å². The molecule has 0 spiro atoms. The van der Waals surface area contributed by atoms with Crippen molar-refractivity contribution in [3.8, 4) is 0 Å². The van der Waals surface area contributed by atoms with Gasteiger partial charge in [-0.05, 0) is 6.92 Å². The molecule has 0 radical (unpaired) electrons. The molecular weight excluding hydrogens is 208 g/mol. The molecule has 15 heavy (non-hydrogen) atoms. The zero-order chi connectivity index (χ0) is 10.7. The van der Waals surface area contributed by atoms with Crippen LogP contribution in [0.4, 0.5) is 5.13 Å². The Morgan fingerprint density at radius 1 is 1.47 bits per heavy atom. The maximum atomic E-state index is 5.67. The van der Waals surface area contributed by atoms with Crippen LogP contribution in [0, 0.1) is 0 Å². The molecular formula is C10H18N4S. The summed E-state index contributed by atoms with van der Waals surface area (Å²) in [5.41, 5.74) is 5.67. The highest BCUT2D eigenvalue weighted by Gasteiger charge is 2.21. The van der Waals surface area contributed by atoms with Gasteiger partial charge in [-0.1, -0.05) is 0 Å². The van der Waals surface area contributed by atoms with Crippen molar-refractivity contribution in [2.24, 2.45) is 5.73 Å². The smallest absolute Gasteiger partial charge is 0.185 e. The predicted molar refractivity (Wildman–Crippen MR) is 64.4 cm³/mol. The summed E-state index contributed by atoms with van der Waals surface area (Å²) in [6, 6.07) is 0.503. The predicted octanol–water partition coefficient (Wildman–Crippen LogP) is 0.612. The lowest BCUT2D eigenvalue weighted by Gasteiger charge is -2.37. The molecule has 1 fully saturated rings. The molecule has 1 aromatic heterocycles. The first-order chi connectivity index (χ1) is 7.31. The van der Waals surface area contributed by atoms with Crippen molar-refractivity contribution in [2.45, 2.75) is 13.0 Å². The Morgan fingerprint density at radius 3 is 2.73 bits per heavy atom. The fourth-order valence-corrected chi connectivity index (χ4v) is 2.57. The molecule has 1 aliphatic rings. The van der Waals surface area contributed by atoms with E-state index in [-0.39, 0.29) is 0 Å². The van der Waals surface area contributed by atoms with E-state index in [9.17, 15) is 0 Å². The lowest BCUT2D eigenvalue weighted by Crippen LogP contribution is -2.51. The minimum atomic E-state index is 0.503. The highest BCUT2D eigenvalue weighted by Crippen LogP contribution is 2.19.